The molecule has 0 atom stereocenters. The van der Waals surface area contributed by atoms with Crippen molar-refractivity contribution in [3.8, 4) is 5.75 Å². The summed E-state index contributed by atoms with van der Waals surface area (Å²) in [5, 5.41) is 0. The summed E-state index contributed by atoms with van der Waals surface area (Å²) >= 11 is 0. The van der Waals surface area contributed by atoms with Gasteiger partial charge in [0.25, 0.3) is 0 Å². The van der Waals surface area contributed by atoms with E-state index in [0.717, 1.165) is 11.3 Å². The zero-order valence-corrected chi connectivity index (χ0v) is 9.60. The van der Waals surface area contributed by atoms with E-state index in [9.17, 15) is 4.79 Å². The van der Waals surface area contributed by atoms with Crippen LogP contribution in [-0.2, 0) is 16.1 Å². The molecule has 0 aliphatic heterocycles. The van der Waals surface area contributed by atoms with Crippen LogP contribution in [0.25, 0.3) is 0 Å². The standard InChI is InChI=1S/C13H16O3/c1-3-7-13(14)16-10-11-8-5-6-9-12(11)15-4-2/h3,5-9H,4,10H2,1-2H3/b7-3+. The first-order chi connectivity index (χ1) is 7.77. The maximum atomic E-state index is 11.1. The lowest BCUT2D eigenvalue weighted by Gasteiger charge is -2.09. The maximum Gasteiger partial charge on any atom is 0.330 e. The summed E-state index contributed by atoms with van der Waals surface area (Å²) in [4.78, 5) is 11.1. The van der Waals surface area contributed by atoms with E-state index in [0.29, 0.717) is 6.61 Å². The van der Waals surface area contributed by atoms with Crippen molar-refractivity contribution in [2.75, 3.05) is 6.61 Å². The zero-order valence-electron chi connectivity index (χ0n) is 9.60. The number of para-hydroxylation sites is 1. The summed E-state index contributed by atoms with van der Waals surface area (Å²) in [6.07, 6.45) is 3.04. The lowest BCUT2D eigenvalue weighted by molar-refractivity contribution is -0.139. The smallest absolute Gasteiger partial charge is 0.330 e. The van der Waals surface area contributed by atoms with Gasteiger partial charge >= 0.3 is 5.97 Å². The summed E-state index contributed by atoms with van der Waals surface area (Å²) in [5.41, 5.74) is 0.877. The van der Waals surface area contributed by atoms with Crippen LogP contribution < -0.4 is 4.74 Å². The Labute approximate surface area is 95.7 Å². The SMILES string of the molecule is C/C=C/C(=O)OCc1ccccc1OCC. The Hall–Kier alpha value is -1.77. The highest BCUT2D eigenvalue weighted by Crippen LogP contribution is 2.18. The molecule has 86 valence electrons. The Kier molecular flexibility index (Phi) is 5.12. The Morgan fingerprint density at radius 3 is 2.81 bits per heavy atom. The van der Waals surface area contributed by atoms with Crippen LogP contribution in [0, 0.1) is 0 Å². The summed E-state index contributed by atoms with van der Waals surface area (Å²) in [6.45, 7) is 4.52. The fourth-order valence-corrected chi connectivity index (χ4v) is 1.25. The molecule has 0 saturated heterocycles. The van der Waals surface area contributed by atoms with Crippen LogP contribution in [0.2, 0.25) is 0 Å². The Morgan fingerprint density at radius 1 is 1.38 bits per heavy atom. The van der Waals surface area contributed by atoms with Gasteiger partial charge in [-0.2, -0.15) is 0 Å². The molecular formula is C13H16O3. The summed E-state index contributed by atoms with van der Waals surface area (Å²) in [6, 6.07) is 7.53. The van der Waals surface area contributed by atoms with Crippen molar-refractivity contribution in [3.63, 3.8) is 0 Å². The van der Waals surface area contributed by atoms with Crippen LogP contribution in [0.3, 0.4) is 0 Å². The summed E-state index contributed by atoms with van der Waals surface area (Å²) in [5.74, 6) is 0.423. The molecule has 0 bridgehead atoms. The van der Waals surface area contributed by atoms with E-state index in [1.54, 1.807) is 13.0 Å². The van der Waals surface area contributed by atoms with Crippen LogP contribution in [0.4, 0.5) is 0 Å². The molecule has 16 heavy (non-hydrogen) atoms. The molecule has 3 heteroatoms. The highest BCUT2D eigenvalue weighted by Gasteiger charge is 2.04. The predicted octanol–water partition coefficient (Wildman–Crippen LogP) is 2.70. The number of carbonyl (C=O) groups excluding carboxylic acids is 1. The van der Waals surface area contributed by atoms with Gasteiger partial charge in [0.2, 0.25) is 0 Å². The number of rotatable bonds is 5. The van der Waals surface area contributed by atoms with Crippen molar-refractivity contribution in [1.29, 1.82) is 0 Å². The minimum atomic E-state index is -0.339. The lowest BCUT2D eigenvalue weighted by Crippen LogP contribution is -2.03. The van der Waals surface area contributed by atoms with Gasteiger partial charge in [0.1, 0.15) is 12.4 Å². The van der Waals surface area contributed by atoms with E-state index in [4.69, 9.17) is 9.47 Å². The highest BCUT2D eigenvalue weighted by molar-refractivity contribution is 5.81. The fraction of sp³-hybridized carbons (Fsp3) is 0.308. The Balaban J connectivity index is 2.62. The van der Waals surface area contributed by atoms with Crippen molar-refractivity contribution in [2.24, 2.45) is 0 Å². The van der Waals surface area contributed by atoms with Crippen LogP contribution >= 0.6 is 0 Å². The lowest BCUT2D eigenvalue weighted by atomic mass is 10.2. The van der Waals surface area contributed by atoms with Gasteiger partial charge in [0.15, 0.2) is 0 Å². The van der Waals surface area contributed by atoms with Gasteiger partial charge in [-0.05, 0) is 19.9 Å². The minimum Gasteiger partial charge on any atom is -0.493 e. The van der Waals surface area contributed by atoms with E-state index in [1.807, 2.05) is 31.2 Å². The monoisotopic (exact) mass is 220 g/mol. The van der Waals surface area contributed by atoms with Gasteiger partial charge in [-0.25, -0.2) is 4.79 Å². The normalized spacial score (nSPS) is 10.4. The predicted molar refractivity (Wildman–Crippen MR) is 62.2 cm³/mol. The quantitative estimate of drug-likeness (QED) is 0.565. The number of carbonyl (C=O) groups is 1. The third-order valence-corrected chi connectivity index (χ3v) is 1.95. The molecule has 0 aromatic heterocycles. The first-order valence-electron chi connectivity index (χ1n) is 5.28. The van der Waals surface area contributed by atoms with Crippen molar-refractivity contribution < 1.29 is 14.3 Å². The van der Waals surface area contributed by atoms with Crippen molar-refractivity contribution in [2.45, 2.75) is 20.5 Å². The van der Waals surface area contributed by atoms with Gasteiger partial charge in [-0.15, -0.1) is 0 Å². The van der Waals surface area contributed by atoms with Gasteiger partial charge in [-0.1, -0.05) is 24.3 Å². The third-order valence-electron chi connectivity index (χ3n) is 1.95. The first-order valence-corrected chi connectivity index (χ1v) is 5.28. The van der Waals surface area contributed by atoms with Crippen molar-refractivity contribution in [3.05, 3.63) is 42.0 Å². The second-order valence-corrected chi connectivity index (χ2v) is 3.15. The number of allylic oxidation sites excluding steroid dienone is 1. The van der Waals surface area contributed by atoms with E-state index in [1.165, 1.54) is 6.08 Å². The molecule has 1 aromatic rings. The molecule has 0 N–H and O–H groups in total. The minimum absolute atomic E-state index is 0.235. The van der Waals surface area contributed by atoms with Crippen LogP contribution in [-0.4, -0.2) is 12.6 Å². The molecule has 0 fully saturated rings. The van der Waals surface area contributed by atoms with E-state index in [-0.39, 0.29) is 12.6 Å². The van der Waals surface area contributed by atoms with E-state index in [2.05, 4.69) is 0 Å². The Morgan fingerprint density at radius 2 is 2.12 bits per heavy atom. The summed E-state index contributed by atoms with van der Waals surface area (Å²) in [7, 11) is 0. The number of benzene rings is 1. The number of hydrogen-bond acceptors (Lipinski definition) is 3. The van der Waals surface area contributed by atoms with Gasteiger partial charge in [0.05, 0.1) is 6.61 Å². The second-order valence-electron chi connectivity index (χ2n) is 3.15. The molecule has 0 amide bonds. The number of esters is 1. The van der Waals surface area contributed by atoms with Gasteiger partial charge in [-0.3, -0.25) is 0 Å². The van der Waals surface area contributed by atoms with Crippen molar-refractivity contribution in [1.82, 2.24) is 0 Å². The molecule has 0 aliphatic rings. The average Bonchev–Trinajstić information content (AvgIpc) is 2.29. The fourth-order valence-electron chi connectivity index (χ4n) is 1.25. The van der Waals surface area contributed by atoms with Crippen LogP contribution in [0.5, 0.6) is 5.75 Å². The highest BCUT2D eigenvalue weighted by atomic mass is 16.5. The van der Waals surface area contributed by atoms with E-state index < -0.39 is 0 Å². The average molecular weight is 220 g/mol. The molecule has 0 saturated carbocycles. The topological polar surface area (TPSA) is 35.5 Å². The molecule has 1 rings (SSSR count). The molecular weight excluding hydrogens is 204 g/mol. The third kappa shape index (κ3) is 3.77. The molecule has 0 heterocycles. The van der Waals surface area contributed by atoms with Gasteiger partial charge < -0.3 is 9.47 Å². The molecule has 0 radical (unpaired) electrons. The summed E-state index contributed by atoms with van der Waals surface area (Å²) < 4.78 is 10.5. The van der Waals surface area contributed by atoms with Crippen molar-refractivity contribution >= 4 is 5.97 Å². The molecule has 3 nitrogen and oxygen atoms in total. The Bertz CT molecular complexity index is 369. The molecule has 0 aliphatic carbocycles. The first kappa shape index (κ1) is 12.3. The van der Waals surface area contributed by atoms with E-state index >= 15 is 0 Å². The van der Waals surface area contributed by atoms with Crippen LogP contribution in [0.1, 0.15) is 19.4 Å². The molecule has 0 spiro atoms. The second kappa shape index (κ2) is 6.67. The maximum absolute atomic E-state index is 11.1. The molecule has 1 aromatic carbocycles. The van der Waals surface area contributed by atoms with Crippen LogP contribution in [0.15, 0.2) is 36.4 Å². The zero-order chi connectivity index (χ0) is 11.8. The van der Waals surface area contributed by atoms with Gasteiger partial charge in [0, 0.05) is 11.6 Å². The number of hydrogen-bond donors (Lipinski definition) is 0. The largest absolute Gasteiger partial charge is 0.493 e. The molecule has 0 unspecified atom stereocenters. The number of ether oxygens (including phenoxy) is 2.